The second-order valence-corrected chi connectivity index (χ2v) is 7.20. The number of aromatic nitrogens is 1. The lowest BCUT2D eigenvalue weighted by molar-refractivity contribution is 0.0734. The monoisotopic (exact) mass is 377 g/mol. The van der Waals surface area contributed by atoms with Crippen molar-refractivity contribution in [3.63, 3.8) is 0 Å². The fraction of sp³-hybridized carbons (Fsp3) is 0.182. The predicted molar refractivity (Wildman–Crippen MR) is 109 cm³/mol. The molecule has 0 bridgehead atoms. The van der Waals surface area contributed by atoms with Crippen molar-refractivity contribution in [2.24, 2.45) is 0 Å². The van der Waals surface area contributed by atoms with Crippen LogP contribution in [0.4, 0.5) is 11.5 Å². The van der Waals surface area contributed by atoms with Gasteiger partial charge in [-0.2, -0.15) is 0 Å². The molecule has 0 fully saturated rings. The van der Waals surface area contributed by atoms with Crippen LogP contribution in [0.25, 0.3) is 0 Å². The van der Waals surface area contributed by atoms with E-state index < -0.39 is 0 Å². The molecule has 0 unspecified atom stereocenters. The van der Waals surface area contributed by atoms with Crippen LogP contribution in [-0.4, -0.2) is 22.3 Å². The molecule has 2 heterocycles. The van der Waals surface area contributed by atoms with Gasteiger partial charge in [-0.25, -0.2) is 4.98 Å². The van der Waals surface area contributed by atoms with Crippen LogP contribution in [0.3, 0.4) is 0 Å². The molecule has 3 aromatic rings. The lowest BCUT2D eigenvalue weighted by atomic mass is 9.99. The summed E-state index contributed by atoms with van der Waals surface area (Å²) < 4.78 is 0. The smallest absolute Gasteiger partial charge is 0.255 e. The van der Waals surface area contributed by atoms with Crippen molar-refractivity contribution in [1.29, 1.82) is 0 Å². The highest BCUT2D eigenvalue weighted by molar-refractivity contribution is 6.30. The Labute approximate surface area is 163 Å². The Hall–Kier alpha value is -2.85. The summed E-state index contributed by atoms with van der Waals surface area (Å²) in [7, 11) is 0. The first-order chi connectivity index (χ1) is 13.1. The molecule has 1 N–H and O–H groups in total. The van der Waals surface area contributed by atoms with Crippen molar-refractivity contribution in [1.82, 2.24) is 9.88 Å². The van der Waals surface area contributed by atoms with Crippen LogP contribution in [0.15, 0.2) is 60.8 Å². The minimum atomic E-state index is 0.0197. The summed E-state index contributed by atoms with van der Waals surface area (Å²) in [6.45, 7) is 3.37. The number of anilines is 2. The maximum Gasteiger partial charge on any atom is 0.255 e. The summed E-state index contributed by atoms with van der Waals surface area (Å²) >= 11 is 6.00. The average molecular weight is 378 g/mol. The van der Waals surface area contributed by atoms with Gasteiger partial charge in [0.05, 0.1) is 5.56 Å². The zero-order valence-corrected chi connectivity index (χ0v) is 15.8. The Morgan fingerprint density at radius 1 is 1.11 bits per heavy atom. The summed E-state index contributed by atoms with van der Waals surface area (Å²) in [5.74, 6) is 0.715. The highest BCUT2D eigenvalue weighted by atomic mass is 35.5. The summed E-state index contributed by atoms with van der Waals surface area (Å²) in [5, 5.41) is 3.97. The first kappa shape index (κ1) is 17.6. The maximum atomic E-state index is 12.8. The van der Waals surface area contributed by atoms with E-state index >= 15 is 0 Å². The van der Waals surface area contributed by atoms with Crippen molar-refractivity contribution >= 4 is 29.0 Å². The summed E-state index contributed by atoms with van der Waals surface area (Å²) in [6.07, 6.45) is 2.53. The van der Waals surface area contributed by atoms with E-state index in [1.807, 2.05) is 54.3 Å². The highest BCUT2D eigenvalue weighted by Crippen LogP contribution is 2.24. The number of carbonyl (C=O) groups excluding carboxylic acids is 1. The molecule has 0 radical (unpaired) electrons. The number of benzene rings is 2. The number of hydrogen-bond acceptors (Lipinski definition) is 3. The number of pyridine rings is 1. The van der Waals surface area contributed by atoms with Crippen LogP contribution in [0.2, 0.25) is 5.02 Å². The Morgan fingerprint density at radius 2 is 1.93 bits per heavy atom. The van der Waals surface area contributed by atoms with Gasteiger partial charge in [-0.3, -0.25) is 4.79 Å². The average Bonchev–Trinajstić information content (AvgIpc) is 2.70. The molecule has 4 rings (SSSR count). The first-order valence-electron chi connectivity index (χ1n) is 8.95. The summed E-state index contributed by atoms with van der Waals surface area (Å²) in [6, 6.07) is 17.6. The quantitative estimate of drug-likeness (QED) is 0.699. The molecule has 1 aromatic heterocycles. The van der Waals surface area contributed by atoms with Crippen LogP contribution in [0.5, 0.6) is 0 Å². The fourth-order valence-corrected chi connectivity index (χ4v) is 3.58. The van der Waals surface area contributed by atoms with E-state index in [0.29, 0.717) is 22.9 Å². The number of nitrogens with zero attached hydrogens (tertiary/aromatic N) is 2. The largest absolute Gasteiger partial charge is 0.340 e. The molecule has 0 aliphatic carbocycles. The van der Waals surface area contributed by atoms with E-state index in [2.05, 4.69) is 22.4 Å². The molecule has 0 saturated carbocycles. The molecule has 2 aromatic carbocycles. The third-order valence-electron chi connectivity index (χ3n) is 4.88. The van der Waals surface area contributed by atoms with Gasteiger partial charge >= 0.3 is 0 Å². The van der Waals surface area contributed by atoms with Gasteiger partial charge in [0.15, 0.2) is 0 Å². The third-order valence-corrected chi connectivity index (χ3v) is 5.11. The topological polar surface area (TPSA) is 45.2 Å². The molecule has 1 aliphatic heterocycles. The number of fused-ring (bicyclic) bond motifs is 1. The molecule has 5 heteroatoms. The van der Waals surface area contributed by atoms with Crippen molar-refractivity contribution < 1.29 is 4.79 Å². The van der Waals surface area contributed by atoms with Gasteiger partial charge in [-0.15, -0.1) is 0 Å². The predicted octanol–water partition coefficient (Wildman–Crippen LogP) is 4.99. The maximum absolute atomic E-state index is 12.8. The van der Waals surface area contributed by atoms with E-state index in [0.717, 1.165) is 24.2 Å². The molecule has 0 saturated heterocycles. The van der Waals surface area contributed by atoms with Gasteiger partial charge in [0.2, 0.25) is 0 Å². The van der Waals surface area contributed by atoms with Crippen LogP contribution in [0, 0.1) is 6.92 Å². The number of hydrogen-bond donors (Lipinski definition) is 1. The van der Waals surface area contributed by atoms with Crippen molar-refractivity contribution in [2.75, 3.05) is 11.9 Å². The molecule has 1 aliphatic rings. The Bertz CT molecular complexity index is 985. The van der Waals surface area contributed by atoms with Gasteiger partial charge < -0.3 is 10.2 Å². The molecule has 27 heavy (non-hydrogen) atoms. The molecule has 136 valence electrons. The molecule has 4 nitrogen and oxygen atoms in total. The zero-order chi connectivity index (χ0) is 18.8. The second-order valence-electron chi connectivity index (χ2n) is 6.76. The standard InChI is InChI=1S/C22H20ClN3O/c1-15-12-19(23)7-8-20(15)25-21-9-6-17(13-24-21)22(27)26-11-10-16-4-2-3-5-18(16)14-26/h2-9,12-13H,10-11,14H2,1H3,(H,24,25). The Balaban J connectivity index is 1.47. The number of aryl methyl sites for hydroxylation is 1. The van der Waals surface area contributed by atoms with Crippen molar-refractivity contribution in [3.8, 4) is 0 Å². The van der Waals surface area contributed by atoms with E-state index in [1.54, 1.807) is 6.20 Å². The normalized spacial score (nSPS) is 13.2. The summed E-state index contributed by atoms with van der Waals surface area (Å²) in [4.78, 5) is 19.1. The number of halogens is 1. The first-order valence-corrected chi connectivity index (χ1v) is 9.33. The van der Waals surface area contributed by atoms with Crippen molar-refractivity contribution in [3.05, 3.63) is 88.1 Å². The SMILES string of the molecule is Cc1cc(Cl)ccc1Nc1ccc(C(=O)N2CCc3ccccc3C2)cn1. The number of carbonyl (C=O) groups is 1. The molecule has 0 atom stereocenters. The summed E-state index contributed by atoms with van der Waals surface area (Å²) in [5.41, 5.74) is 5.14. The molecular weight excluding hydrogens is 358 g/mol. The third kappa shape index (κ3) is 3.81. The van der Waals surface area contributed by atoms with Crippen LogP contribution in [-0.2, 0) is 13.0 Å². The number of nitrogens with one attached hydrogen (secondary N) is 1. The lowest BCUT2D eigenvalue weighted by Gasteiger charge is -2.28. The molecule has 1 amide bonds. The fourth-order valence-electron chi connectivity index (χ4n) is 3.35. The van der Waals surface area contributed by atoms with Gasteiger partial charge in [0, 0.05) is 30.0 Å². The van der Waals surface area contributed by atoms with E-state index in [9.17, 15) is 4.79 Å². The highest BCUT2D eigenvalue weighted by Gasteiger charge is 2.21. The van der Waals surface area contributed by atoms with Crippen molar-refractivity contribution in [2.45, 2.75) is 19.9 Å². The van der Waals surface area contributed by atoms with Crippen LogP contribution >= 0.6 is 11.6 Å². The Kier molecular flexibility index (Phi) is 4.82. The number of rotatable bonds is 3. The van der Waals surface area contributed by atoms with Gasteiger partial charge in [0.1, 0.15) is 5.82 Å². The van der Waals surface area contributed by atoms with Gasteiger partial charge in [0.25, 0.3) is 5.91 Å². The van der Waals surface area contributed by atoms with Crippen LogP contribution in [0.1, 0.15) is 27.0 Å². The second kappa shape index (κ2) is 7.41. The van der Waals surface area contributed by atoms with E-state index in [1.165, 1.54) is 11.1 Å². The molecule has 0 spiro atoms. The van der Waals surface area contributed by atoms with Gasteiger partial charge in [-0.1, -0.05) is 35.9 Å². The zero-order valence-electron chi connectivity index (χ0n) is 15.1. The Morgan fingerprint density at radius 3 is 2.67 bits per heavy atom. The molecular formula is C22H20ClN3O. The minimum Gasteiger partial charge on any atom is -0.340 e. The minimum absolute atomic E-state index is 0.0197. The van der Waals surface area contributed by atoms with E-state index in [4.69, 9.17) is 11.6 Å². The van der Waals surface area contributed by atoms with E-state index in [-0.39, 0.29) is 5.91 Å². The van der Waals surface area contributed by atoms with Crippen LogP contribution < -0.4 is 5.32 Å². The number of amides is 1. The van der Waals surface area contributed by atoms with Gasteiger partial charge in [-0.05, 0) is 60.4 Å². The lowest BCUT2D eigenvalue weighted by Crippen LogP contribution is -2.35.